The molecule has 1 unspecified atom stereocenters. The minimum Gasteiger partial charge on any atom is -0.393 e. The van der Waals surface area contributed by atoms with Crippen molar-refractivity contribution < 1.29 is 5.11 Å². The summed E-state index contributed by atoms with van der Waals surface area (Å²) in [4.78, 5) is 14.9. The van der Waals surface area contributed by atoms with Gasteiger partial charge in [-0.15, -0.1) is 12.4 Å². The van der Waals surface area contributed by atoms with E-state index in [0.29, 0.717) is 12.0 Å². The zero-order valence-electron chi connectivity index (χ0n) is 23.2. The summed E-state index contributed by atoms with van der Waals surface area (Å²) >= 11 is 0. The summed E-state index contributed by atoms with van der Waals surface area (Å²) in [7, 11) is 0. The van der Waals surface area contributed by atoms with E-state index in [1.54, 1.807) is 0 Å². The Morgan fingerprint density at radius 1 is 1.00 bits per heavy atom. The van der Waals surface area contributed by atoms with Crippen molar-refractivity contribution in [1.82, 2.24) is 29.7 Å². The first-order valence-electron chi connectivity index (χ1n) is 14.7. The van der Waals surface area contributed by atoms with E-state index < -0.39 is 0 Å². The Balaban J connectivity index is 0.00000308. The summed E-state index contributed by atoms with van der Waals surface area (Å²) in [6.07, 6.45) is 10.1. The number of halogens is 1. The highest BCUT2D eigenvalue weighted by Crippen LogP contribution is 2.36. The largest absolute Gasteiger partial charge is 0.393 e. The Morgan fingerprint density at radius 3 is 2.46 bits per heavy atom. The van der Waals surface area contributed by atoms with Gasteiger partial charge < -0.3 is 20.3 Å². The van der Waals surface area contributed by atoms with Crippen molar-refractivity contribution >= 4 is 29.4 Å². The van der Waals surface area contributed by atoms with Crippen LogP contribution in [0.4, 0.5) is 5.95 Å². The third kappa shape index (κ3) is 6.41. The summed E-state index contributed by atoms with van der Waals surface area (Å²) in [6, 6.07) is 10.2. The van der Waals surface area contributed by atoms with Crippen LogP contribution >= 0.6 is 12.4 Å². The maximum Gasteiger partial charge on any atom is 0.224 e. The lowest BCUT2D eigenvalue weighted by Crippen LogP contribution is -2.50. The van der Waals surface area contributed by atoms with E-state index in [1.165, 1.54) is 42.7 Å². The lowest BCUT2D eigenvalue weighted by atomic mass is 9.93. The molecule has 3 N–H and O–H groups in total. The van der Waals surface area contributed by atoms with E-state index in [0.717, 1.165) is 81.9 Å². The Bertz CT molecular complexity index is 1190. The predicted octanol–water partition coefficient (Wildman–Crippen LogP) is 4.30. The molecule has 1 saturated carbocycles. The maximum absolute atomic E-state index is 10.1. The van der Waals surface area contributed by atoms with Crippen LogP contribution in [0.1, 0.15) is 57.1 Å². The summed E-state index contributed by atoms with van der Waals surface area (Å²) in [6.45, 7) is 11.0. The van der Waals surface area contributed by atoms with E-state index in [1.807, 2.05) is 6.20 Å². The molecule has 8 nitrogen and oxygen atoms in total. The van der Waals surface area contributed by atoms with E-state index in [2.05, 4.69) is 67.4 Å². The number of benzene rings is 1. The van der Waals surface area contributed by atoms with Crippen LogP contribution in [0.15, 0.2) is 36.7 Å². The molecule has 6 rings (SSSR count). The summed E-state index contributed by atoms with van der Waals surface area (Å²) < 4.78 is 2.35. The highest BCUT2D eigenvalue weighted by Gasteiger charge is 2.26. The molecule has 3 fully saturated rings. The number of rotatable bonds is 8. The van der Waals surface area contributed by atoms with Gasteiger partial charge >= 0.3 is 0 Å². The van der Waals surface area contributed by atoms with Crippen molar-refractivity contribution in [2.24, 2.45) is 0 Å². The molecule has 0 bridgehead atoms. The lowest BCUT2D eigenvalue weighted by Gasteiger charge is -2.37. The number of hydrogen-bond donors (Lipinski definition) is 3. The second-order valence-electron chi connectivity index (χ2n) is 11.4. The van der Waals surface area contributed by atoms with Gasteiger partial charge in [-0.3, -0.25) is 9.80 Å². The van der Waals surface area contributed by atoms with Gasteiger partial charge in [-0.1, -0.05) is 31.2 Å². The molecule has 0 amide bonds. The third-order valence-electron chi connectivity index (χ3n) is 8.79. The molecule has 39 heavy (non-hydrogen) atoms. The minimum absolute atomic E-state index is 0. The van der Waals surface area contributed by atoms with Crippen LogP contribution in [0.5, 0.6) is 0 Å². The number of nitrogens with one attached hydrogen (secondary N) is 2. The summed E-state index contributed by atoms with van der Waals surface area (Å²) in [5.74, 6) is 0.695. The summed E-state index contributed by atoms with van der Waals surface area (Å²) in [5.41, 5.74) is 4.77. The van der Waals surface area contributed by atoms with Crippen molar-refractivity contribution in [3.05, 3.63) is 42.2 Å². The van der Waals surface area contributed by atoms with E-state index in [4.69, 9.17) is 4.98 Å². The van der Waals surface area contributed by atoms with E-state index in [9.17, 15) is 5.11 Å². The number of hydrogen-bond acceptors (Lipinski definition) is 7. The highest BCUT2D eigenvalue weighted by molar-refractivity contribution is 5.94. The third-order valence-corrected chi connectivity index (χ3v) is 8.79. The van der Waals surface area contributed by atoms with Crippen LogP contribution < -0.4 is 10.6 Å². The molecule has 4 heterocycles. The first-order valence-corrected chi connectivity index (χ1v) is 14.7. The fraction of sp³-hybridized carbons (Fsp3) is 0.600. The number of aliphatic hydroxyl groups excluding tert-OH is 1. The van der Waals surface area contributed by atoms with Gasteiger partial charge in [-0.25, -0.2) is 4.98 Å². The van der Waals surface area contributed by atoms with Gasteiger partial charge in [0.1, 0.15) is 5.65 Å². The monoisotopic (exact) mass is 553 g/mol. The van der Waals surface area contributed by atoms with Crippen LogP contribution in [-0.4, -0.2) is 87.4 Å². The standard InChI is InChI=1S/C30H43N7O.ClH/c1-2-12-32-30-33-19-27-28(21-37(29(27)34-30)24-7-9-26(38)10-8-24)23-5-3-22(4-6-23)20-35-14-16-36(17-15-35)25-11-13-31-18-25;/h3-6,19,21,24-26,31,38H,2,7-18,20H2,1H3,(H,32,33,34);1H. The lowest BCUT2D eigenvalue weighted by molar-refractivity contribution is 0.0981. The van der Waals surface area contributed by atoms with Crippen LogP contribution in [-0.2, 0) is 6.54 Å². The average Bonchev–Trinajstić information content (AvgIpc) is 3.62. The van der Waals surface area contributed by atoms with Crippen molar-refractivity contribution in [3.63, 3.8) is 0 Å². The fourth-order valence-electron chi connectivity index (χ4n) is 6.48. The Kier molecular flexibility index (Phi) is 9.40. The summed E-state index contributed by atoms with van der Waals surface area (Å²) in [5, 5.41) is 18.0. The number of aromatic nitrogens is 3. The van der Waals surface area contributed by atoms with Crippen molar-refractivity contribution in [1.29, 1.82) is 0 Å². The fourth-order valence-corrected chi connectivity index (χ4v) is 6.48. The Hall–Kier alpha value is -2.23. The molecule has 1 aromatic carbocycles. The second kappa shape index (κ2) is 13.0. The number of fused-ring (bicyclic) bond motifs is 1. The van der Waals surface area contributed by atoms with Gasteiger partial charge in [-0.2, -0.15) is 4.98 Å². The zero-order chi connectivity index (χ0) is 25.9. The van der Waals surface area contributed by atoms with Crippen LogP contribution in [0, 0.1) is 0 Å². The molecule has 2 aromatic heterocycles. The topological polar surface area (TPSA) is 81.5 Å². The molecule has 3 aliphatic rings. The molecule has 0 radical (unpaired) electrons. The zero-order valence-corrected chi connectivity index (χ0v) is 24.0. The molecule has 3 aromatic rings. The van der Waals surface area contributed by atoms with Gasteiger partial charge in [0.05, 0.1) is 6.10 Å². The van der Waals surface area contributed by atoms with E-state index >= 15 is 0 Å². The quantitative estimate of drug-likeness (QED) is 0.384. The number of aliphatic hydroxyl groups is 1. The number of anilines is 1. The maximum atomic E-state index is 10.1. The Labute approximate surface area is 238 Å². The first kappa shape index (κ1) is 28.3. The minimum atomic E-state index is -0.167. The predicted molar refractivity (Wildman–Crippen MR) is 161 cm³/mol. The van der Waals surface area contributed by atoms with Gasteiger partial charge in [0.2, 0.25) is 5.95 Å². The smallest absolute Gasteiger partial charge is 0.224 e. The average molecular weight is 554 g/mol. The molecule has 1 atom stereocenters. The molecule has 0 spiro atoms. The first-order chi connectivity index (χ1) is 18.7. The molecule has 2 saturated heterocycles. The van der Waals surface area contributed by atoms with Gasteiger partial charge in [0, 0.05) is 81.2 Å². The SMILES string of the molecule is CCCNc1ncc2c(-c3ccc(CN4CCN(C5CCNC5)CC4)cc3)cn(C3CCC(O)CC3)c2n1.Cl. The molecular weight excluding hydrogens is 510 g/mol. The Morgan fingerprint density at radius 2 is 1.77 bits per heavy atom. The molecule has 212 valence electrons. The van der Waals surface area contributed by atoms with Gasteiger partial charge in [0.15, 0.2) is 0 Å². The molecule has 9 heteroatoms. The molecule has 2 aliphatic heterocycles. The number of nitrogens with zero attached hydrogens (tertiary/aromatic N) is 5. The van der Waals surface area contributed by atoms with Crippen molar-refractivity contribution in [2.45, 2.75) is 70.2 Å². The van der Waals surface area contributed by atoms with Crippen LogP contribution in [0.2, 0.25) is 0 Å². The van der Waals surface area contributed by atoms with Crippen molar-refractivity contribution in [2.75, 3.05) is 51.1 Å². The van der Waals surface area contributed by atoms with Crippen molar-refractivity contribution in [3.8, 4) is 11.1 Å². The molecule has 1 aliphatic carbocycles. The number of piperazine rings is 1. The van der Waals surface area contributed by atoms with Gasteiger partial charge in [0.25, 0.3) is 0 Å². The van der Waals surface area contributed by atoms with Crippen LogP contribution in [0.25, 0.3) is 22.2 Å². The highest BCUT2D eigenvalue weighted by atomic mass is 35.5. The molecular formula is C30H44ClN7O. The normalized spacial score (nSPS) is 24.6. The van der Waals surface area contributed by atoms with E-state index in [-0.39, 0.29) is 18.5 Å². The van der Waals surface area contributed by atoms with Crippen LogP contribution in [0.3, 0.4) is 0 Å². The second-order valence-corrected chi connectivity index (χ2v) is 11.4. The van der Waals surface area contributed by atoms with Gasteiger partial charge in [-0.05, 0) is 56.2 Å².